The maximum absolute atomic E-state index is 11.9. The van der Waals surface area contributed by atoms with Crippen molar-refractivity contribution < 1.29 is 19.2 Å². The zero-order valence-corrected chi connectivity index (χ0v) is 13.3. The molecule has 6 nitrogen and oxygen atoms in total. The number of benzene rings is 1. The summed E-state index contributed by atoms with van der Waals surface area (Å²) in [6.07, 6.45) is 0. The standard InChI is InChI=1S/C14H14Cl2N2O4/c1-18(5-6-19)14(20)12-7-9(22-17-12)8-21-13-10(15)3-2-4-11(13)16/h2-4,7,19H,5-6,8H2,1H3. The quantitative estimate of drug-likeness (QED) is 0.871. The molecule has 0 aliphatic heterocycles. The minimum atomic E-state index is -0.347. The van der Waals surface area contributed by atoms with E-state index in [2.05, 4.69) is 5.16 Å². The smallest absolute Gasteiger partial charge is 0.275 e. The Labute approximate surface area is 137 Å². The van der Waals surface area contributed by atoms with Crippen LogP contribution in [0.5, 0.6) is 5.75 Å². The highest BCUT2D eigenvalue weighted by Gasteiger charge is 2.17. The number of ether oxygens (including phenoxy) is 1. The van der Waals surface area contributed by atoms with Crippen molar-refractivity contribution in [3.8, 4) is 5.75 Å². The normalized spacial score (nSPS) is 10.5. The lowest BCUT2D eigenvalue weighted by Crippen LogP contribution is -2.29. The number of aliphatic hydroxyl groups excluding tert-OH is 1. The van der Waals surface area contributed by atoms with E-state index in [9.17, 15) is 4.79 Å². The minimum Gasteiger partial charge on any atom is -0.482 e. The average molecular weight is 345 g/mol. The first-order chi connectivity index (χ1) is 10.5. The molecule has 0 bridgehead atoms. The summed E-state index contributed by atoms with van der Waals surface area (Å²) in [7, 11) is 1.56. The molecule has 0 spiro atoms. The molecule has 2 rings (SSSR count). The van der Waals surface area contributed by atoms with E-state index < -0.39 is 0 Å². The lowest BCUT2D eigenvalue weighted by atomic mass is 10.3. The number of aromatic nitrogens is 1. The van der Waals surface area contributed by atoms with Crippen LogP contribution in [0.1, 0.15) is 16.2 Å². The van der Waals surface area contributed by atoms with Gasteiger partial charge >= 0.3 is 0 Å². The number of hydrogen-bond donors (Lipinski definition) is 1. The SMILES string of the molecule is CN(CCO)C(=O)c1cc(COc2c(Cl)cccc2Cl)on1. The summed E-state index contributed by atoms with van der Waals surface area (Å²) in [4.78, 5) is 13.3. The molecule has 0 saturated carbocycles. The van der Waals surface area contributed by atoms with Crippen LogP contribution in [0.4, 0.5) is 0 Å². The summed E-state index contributed by atoms with van der Waals surface area (Å²) < 4.78 is 10.5. The Balaban J connectivity index is 2.02. The number of rotatable bonds is 6. The van der Waals surface area contributed by atoms with Crippen molar-refractivity contribution in [1.82, 2.24) is 10.1 Å². The van der Waals surface area contributed by atoms with Crippen molar-refractivity contribution in [3.63, 3.8) is 0 Å². The van der Waals surface area contributed by atoms with Gasteiger partial charge in [-0.2, -0.15) is 0 Å². The minimum absolute atomic E-state index is 0.0352. The van der Waals surface area contributed by atoms with Crippen LogP contribution >= 0.6 is 23.2 Å². The molecular weight excluding hydrogens is 331 g/mol. The van der Waals surface area contributed by atoms with Gasteiger partial charge < -0.3 is 19.3 Å². The number of hydrogen-bond acceptors (Lipinski definition) is 5. The molecule has 0 fully saturated rings. The van der Waals surface area contributed by atoms with E-state index in [-0.39, 0.29) is 31.4 Å². The summed E-state index contributed by atoms with van der Waals surface area (Å²) in [6.45, 7) is 0.126. The molecule has 2 aromatic rings. The molecule has 0 unspecified atom stereocenters. The van der Waals surface area contributed by atoms with Crippen LogP contribution in [-0.4, -0.2) is 41.3 Å². The molecule has 1 heterocycles. The molecule has 0 radical (unpaired) electrons. The van der Waals surface area contributed by atoms with Crippen molar-refractivity contribution in [1.29, 1.82) is 0 Å². The van der Waals surface area contributed by atoms with Gasteiger partial charge in [0.15, 0.2) is 17.2 Å². The second-order valence-corrected chi connectivity index (χ2v) is 5.28. The van der Waals surface area contributed by atoms with Gasteiger partial charge in [0.1, 0.15) is 6.61 Å². The third-order valence-corrected chi connectivity index (χ3v) is 3.43. The van der Waals surface area contributed by atoms with E-state index >= 15 is 0 Å². The first-order valence-electron chi connectivity index (χ1n) is 6.41. The third-order valence-electron chi connectivity index (χ3n) is 2.84. The number of amides is 1. The molecule has 22 heavy (non-hydrogen) atoms. The molecule has 1 aromatic heterocycles. The van der Waals surface area contributed by atoms with Gasteiger partial charge in [0.2, 0.25) is 0 Å². The van der Waals surface area contributed by atoms with E-state index in [1.807, 2.05) is 0 Å². The van der Waals surface area contributed by atoms with Gasteiger partial charge in [-0.05, 0) is 12.1 Å². The van der Waals surface area contributed by atoms with Gasteiger partial charge in [0.25, 0.3) is 5.91 Å². The van der Waals surface area contributed by atoms with E-state index in [1.165, 1.54) is 11.0 Å². The number of aliphatic hydroxyl groups is 1. The zero-order chi connectivity index (χ0) is 16.1. The first kappa shape index (κ1) is 16.6. The third kappa shape index (κ3) is 3.91. The number of carbonyl (C=O) groups excluding carboxylic acids is 1. The molecule has 1 amide bonds. The van der Waals surface area contributed by atoms with Crippen molar-refractivity contribution in [2.45, 2.75) is 6.61 Å². The van der Waals surface area contributed by atoms with Crippen LogP contribution in [-0.2, 0) is 6.61 Å². The topological polar surface area (TPSA) is 75.8 Å². The van der Waals surface area contributed by atoms with Crippen LogP contribution in [0, 0.1) is 0 Å². The fourth-order valence-corrected chi connectivity index (χ4v) is 2.20. The van der Waals surface area contributed by atoms with Crippen molar-refractivity contribution >= 4 is 29.1 Å². The predicted molar refractivity (Wildman–Crippen MR) is 81.3 cm³/mol. The Morgan fingerprint density at radius 1 is 1.41 bits per heavy atom. The highest BCUT2D eigenvalue weighted by Crippen LogP contribution is 2.32. The lowest BCUT2D eigenvalue weighted by Gasteiger charge is -2.12. The lowest BCUT2D eigenvalue weighted by molar-refractivity contribution is 0.0756. The number of likely N-dealkylation sites (N-methyl/N-ethyl adjacent to an activating group) is 1. The maximum Gasteiger partial charge on any atom is 0.275 e. The average Bonchev–Trinajstić information content (AvgIpc) is 2.95. The Morgan fingerprint density at radius 2 is 2.09 bits per heavy atom. The van der Waals surface area contributed by atoms with Gasteiger partial charge in [-0.1, -0.05) is 34.4 Å². The van der Waals surface area contributed by atoms with Gasteiger partial charge in [0.05, 0.1) is 16.7 Å². The van der Waals surface area contributed by atoms with E-state index in [1.54, 1.807) is 25.2 Å². The molecule has 0 saturated heterocycles. The maximum atomic E-state index is 11.9. The first-order valence-corrected chi connectivity index (χ1v) is 7.17. The summed E-state index contributed by atoms with van der Waals surface area (Å²) in [6, 6.07) is 6.49. The van der Waals surface area contributed by atoms with Gasteiger partial charge in [0, 0.05) is 19.7 Å². The molecule has 0 atom stereocenters. The van der Waals surface area contributed by atoms with Gasteiger partial charge in [-0.3, -0.25) is 4.79 Å². The van der Waals surface area contributed by atoms with Crippen LogP contribution in [0.3, 0.4) is 0 Å². The largest absolute Gasteiger partial charge is 0.482 e. The van der Waals surface area contributed by atoms with Crippen LogP contribution in [0.25, 0.3) is 0 Å². The van der Waals surface area contributed by atoms with Crippen molar-refractivity contribution in [2.24, 2.45) is 0 Å². The Hall–Kier alpha value is -1.76. The fraction of sp³-hybridized carbons (Fsp3) is 0.286. The molecule has 0 aliphatic carbocycles. The molecule has 118 valence electrons. The molecule has 1 aromatic carbocycles. The second kappa shape index (κ2) is 7.49. The highest BCUT2D eigenvalue weighted by atomic mass is 35.5. The van der Waals surface area contributed by atoms with E-state index in [0.717, 1.165) is 0 Å². The Bertz CT molecular complexity index is 640. The second-order valence-electron chi connectivity index (χ2n) is 4.47. The van der Waals surface area contributed by atoms with Crippen LogP contribution < -0.4 is 4.74 Å². The number of para-hydroxylation sites is 1. The summed E-state index contributed by atoms with van der Waals surface area (Å²) >= 11 is 12.0. The Morgan fingerprint density at radius 3 is 2.73 bits per heavy atom. The fourth-order valence-electron chi connectivity index (χ4n) is 1.69. The van der Waals surface area contributed by atoms with E-state index in [4.69, 9.17) is 37.6 Å². The van der Waals surface area contributed by atoms with Crippen LogP contribution in [0.15, 0.2) is 28.8 Å². The summed E-state index contributed by atoms with van der Waals surface area (Å²) in [5.74, 6) is 0.351. The number of halogens is 2. The zero-order valence-electron chi connectivity index (χ0n) is 11.8. The number of carbonyl (C=O) groups is 1. The van der Waals surface area contributed by atoms with Crippen molar-refractivity contribution in [2.75, 3.05) is 20.2 Å². The van der Waals surface area contributed by atoms with E-state index in [0.29, 0.717) is 21.6 Å². The van der Waals surface area contributed by atoms with Crippen LogP contribution in [0.2, 0.25) is 10.0 Å². The number of nitrogens with zero attached hydrogens (tertiary/aromatic N) is 2. The van der Waals surface area contributed by atoms with Crippen molar-refractivity contribution in [3.05, 3.63) is 45.8 Å². The van der Waals surface area contributed by atoms with Gasteiger partial charge in [-0.15, -0.1) is 0 Å². The van der Waals surface area contributed by atoms with Gasteiger partial charge in [-0.25, -0.2) is 0 Å². The molecule has 1 N–H and O–H groups in total. The molecule has 8 heteroatoms. The monoisotopic (exact) mass is 344 g/mol. The highest BCUT2D eigenvalue weighted by molar-refractivity contribution is 6.37. The predicted octanol–water partition coefficient (Wildman–Crippen LogP) is 2.62. The summed E-state index contributed by atoms with van der Waals surface area (Å²) in [5.41, 5.74) is 0.139. The Kier molecular flexibility index (Phi) is 5.65. The summed E-state index contributed by atoms with van der Waals surface area (Å²) in [5, 5.41) is 13.3. The molecule has 0 aliphatic rings. The molecular formula is C14H14Cl2N2O4.